The molecule has 0 radical (unpaired) electrons. The van der Waals surface area contributed by atoms with E-state index in [2.05, 4.69) is 15.5 Å². The second kappa shape index (κ2) is 13.8. The minimum Gasteiger partial charge on any atom is -0.372 e. The molecule has 0 aromatic rings. The summed E-state index contributed by atoms with van der Waals surface area (Å²) in [4.78, 5) is 15.1. The van der Waals surface area contributed by atoms with Gasteiger partial charge in [0.05, 0.1) is 0 Å². The van der Waals surface area contributed by atoms with Crippen molar-refractivity contribution in [2.45, 2.75) is 63.8 Å². The number of nitrogens with two attached hydrogens (primary N) is 1. The van der Waals surface area contributed by atoms with Gasteiger partial charge in [0.25, 0.3) is 0 Å². The Morgan fingerprint density at radius 2 is 1.63 bits per heavy atom. The number of likely N-dealkylation sites (N-methyl/N-ethyl adjacent to an activating group) is 1. The monoisotopic (exact) mass is 273 g/mol. The topological polar surface area (TPSA) is 76.4 Å². The zero-order chi connectivity index (χ0) is 14.3. The molecule has 4 N–H and O–H groups in total. The predicted molar refractivity (Wildman–Crippen MR) is 78.6 cm³/mol. The summed E-state index contributed by atoms with van der Waals surface area (Å²) in [5.41, 5.74) is 0. The van der Waals surface area contributed by atoms with E-state index in [0.717, 1.165) is 25.8 Å². The van der Waals surface area contributed by atoms with Gasteiger partial charge in [-0.25, -0.2) is 4.79 Å². The molecule has 0 spiro atoms. The number of carbonyl (C=O) groups is 1. The van der Waals surface area contributed by atoms with Crippen LogP contribution in [0.4, 0.5) is 0 Å². The number of rotatable bonds is 7. The minimum absolute atomic E-state index is 0.276. The van der Waals surface area contributed by atoms with Crippen molar-refractivity contribution >= 4 is 5.97 Å². The number of hydrogen-bond donors (Lipinski definition) is 3. The van der Waals surface area contributed by atoms with Gasteiger partial charge in [0.15, 0.2) is 0 Å². The summed E-state index contributed by atoms with van der Waals surface area (Å²) in [7, 11) is 3.63. The minimum atomic E-state index is -0.396. The van der Waals surface area contributed by atoms with E-state index in [9.17, 15) is 4.79 Å². The summed E-state index contributed by atoms with van der Waals surface area (Å²) in [5.74, 6) is 4.38. The third-order valence-corrected chi connectivity index (χ3v) is 3.42. The van der Waals surface area contributed by atoms with Crippen molar-refractivity contribution in [3.63, 3.8) is 0 Å². The highest BCUT2D eigenvalue weighted by molar-refractivity contribution is 5.75. The molecule has 0 bridgehead atoms. The fraction of sp³-hybridized carbons (Fsp3) is 0.929. The second-order valence-electron chi connectivity index (χ2n) is 5.00. The summed E-state index contributed by atoms with van der Waals surface area (Å²) in [5, 5.41) is 5.90. The average Bonchev–Trinajstić information content (AvgIpc) is 2.49. The lowest BCUT2D eigenvalue weighted by Gasteiger charge is -2.12. The Bertz CT molecular complexity index is 197. The quantitative estimate of drug-likeness (QED) is 0.486. The third kappa shape index (κ3) is 10.9. The smallest absolute Gasteiger partial charge is 0.341 e. The summed E-state index contributed by atoms with van der Waals surface area (Å²) in [6.07, 6.45) is 11.8. The van der Waals surface area contributed by atoms with Crippen LogP contribution in [-0.4, -0.2) is 32.7 Å². The lowest BCUT2D eigenvalue weighted by Crippen LogP contribution is -2.36. The average molecular weight is 273 g/mol. The molecular weight excluding hydrogens is 242 g/mol. The Labute approximate surface area is 117 Å². The maximum Gasteiger partial charge on any atom is 0.341 e. The molecule has 0 amide bonds. The highest BCUT2D eigenvalue weighted by Gasteiger charge is 2.16. The Hall–Kier alpha value is -0.650. The van der Waals surface area contributed by atoms with E-state index in [-0.39, 0.29) is 6.04 Å². The number of hydrogen-bond acceptors (Lipinski definition) is 5. The van der Waals surface area contributed by atoms with Gasteiger partial charge in [0, 0.05) is 0 Å². The first-order chi connectivity index (χ1) is 9.26. The number of nitrogens with one attached hydrogen (secondary N) is 2. The Kier molecular flexibility index (Phi) is 13.3. The van der Waals surface area contributed by atoms with E-state index in [1.165, 1.54) is 38.5 Å². The first-order valence-electron chi connectivity index (χ1n) is 7.48. The lowest BCUT2D eigenvalue weighted by atomic mass is 10.0. The van der Waals surface area contributed by atoms with Crippen LogP contribution < -0.4 is 16.5 Å². The molecule has 1 rings (SSSR count). The Morgan fingerprint density at radius 3 is 2.00 bits per heavy atom. The van der Waals surface area contributed by atoms with Crippen molar-refractivity contribution in [3.8, 4) is 0 Å². The molecule has 5 heteroatoms. The van der Waals surface area contributed by atoms with Crippen LogP contribution in [0.3, 0.4) is 0 Å². The van der Waals surface area contributed by atoms with E-state index >= 15 is 0 Å². The van der Waals surface area contributed by atoms with Crippen LogP contribution in [0.5, 0.6) is 0 Å². The fourth-order valence-corrected chi connectivity index (χ4v) is 2.17. The summed E-state index contributed by atoms with van der Waals surface area (Å²) in [6.45, 7) is 0.966. The van der Waals surface area contributed by atoms with Crippen molar-refractivity contribution < 1.29 is 9.63 Å². The summed E-state index contributed by atoms with van der Waals surface area (Å²) >= 11 is 0. The zero-order valence-corrected chi connectivity index (χ0v) is 12.5. The van der Waals surface area contributed by atoms with Gasteiger partial charge in [-0.1, -0.05) is 44.9 Å². The molecule has 1 unspecified atom stereocenters. The molecule has 114 valence electrons. The molecule has 1 aliphatic carbocycles. The van der Waals surface area contributed by atoms with E-state index < -0.39 is 5.97 Å². The SMILES string of the molecule is C1CCCCC1.CNCCCCC(NC)C(=O)ON. The van der Waals surface area contributed by atoms with E-state index in [1.807, 2.05) is 7.05 Å². The van der Waals surface area contributed by atoms with Crippen molar-refractivity contribution in [1.82, 2.24) is 10.6 Å². The van der Waals surface area contributed by atoms with Crippen molar-refractivity contribution in [1.29, 1.82) is 0 Å². The maximum atomic E-state index is 11.0. The van der Waals surface area contributed by atoms with Crippen LogP contribution >= 0.6 is 0 Å². The second-order valence-corrected chi connectivity index (χ2v) is 5.00. The van der Waals surface area contributed by atoms with Gasteiger partial charge in [-0.2, -0.15) is 5.90 Å². The Morgan fingerprint density at radius 1 is 1.11 bits per heavy atom. The Balaban J connectivity index is 0.000000443. The van der Waals surface area contributed by atoms with Gasteiger partial charge < -0.3 is 15.5 Å². The highest BCUT2D eigenvalue weighted by atomic mass is 16.7. The van der Waals surface area contributed by atoms with E-state index in [0.29, 0.717) is 0 Å². The van der Waals surface area contributed by atoms with Crippen LogP contribution in [-0.2, 0) is 9.63 Å². The van der Waals surface area contributed by atoms with Crippen LogP contribution in [0, 0.1) is 0 Å². The molecule has 0 saturated heterocycles. The first-order valence-corrected chi connectivity index (χ1v) is 7.48. The first kappa shape index (κ1) is 18.4. The van der Waals surface area contributed by atoms with Gasteiger partial charge in [0.1, 0.15) is 6.04 Å². The molecule has 0 aliphatic heterocycles. The molecule has 1 aliphatic rings. The van der Waals surface area contributed by atoms with Gasteiger partial charge in [0.2, 0.25) is 0 Å². The molecule has 0 heterocycles. The molecular formula is C14H31N3O2. The lowest BCUT2D eigenvalue weighted by molar-refractivity contribution is -0.146. The van der Waals surface area contributed by atoms with Gasteiger partial charge >= 0.3 is 5.97 Å². The largest absolute Gasteiger partial charge is 0.372 e. The standard InChI is InChI=1S/C8H19N3O2.C6H12/c1-10-6-4-3-5-7(11-2)8(12)13-9;1-2-4-6-5-3-1/h7,10-11H,3-6,9H2,1-2H3;1-6H2. The molecule has 5 nitrogen and oxygen atoms in total. The zero-order valence-electron chi connectivity index (χ0n) is 12.5. The van der Waals surface area contributed by atoms with E-state index in [4.69, 9.17) is 5.90 Å². The van der Waals surface area contributed by atoms with Crippen LogP contribution in [0.2, 0.25) is 0 Å². The third-order valence-electron chi connectivity index (χ3n) is 3.42. The normalized spacial score (nSPS) is 16.2. The highest BCUT2D eigenvalue weighted by Crippen LogP contribution is 2.15. The summed E-state index contributed by atoms with van der Waals surface area (Å²) in [6, 6.07) is -0.276. The number of unbranched alkanes of at least 4 members (excludes halogenated alkanes) is 1. The van der Waals surface area contributed by atoms with Crippen LogP contribution in [0.15, 0.2) is 0 Å². The molecule has 1 fully saturated rings. The van der Waals surface area contributed by atoms with Crippen LogP contribution in [0.1, 0.15) is 57.8 Å². The molecule has 1 atom stereocenters. The van der Waals surface area contributed by atoms with Crippen molar-refractivity contribution in [2.24, 2.45) is 5.90 Å². The summed E-state index contributed by atoms with van der Waals surface area (Å²) < 4.78 is 0. The van der Waals surface area contributed by atoms with Gasteiger partial charge in [-0.15, -0.1) is 0 Å². The maximum absolute atomic E-state index is 11.0. The number of carbonyl (C=O) groups excluding carboxylic acids is 1. The molecule has 1 saturated carbocycles. The van der Waals surface area contributed by atoms with Gasteiger partial charge in [-0.05, 0) is 33.5 Å². The predicted octanol–water partition coefficient (Wildman–Crippen LogP) is 1.72. The van der Waals surface area contributed by atoms with Crippen molar-refractivity contribution in [2.75, 3.05) is 20.6 Å². The van der Waals surface area contributed by atoms with E-state index in [1.54, 1.807) is 7.05 Å². The van der Waals surface area contributed by atoms with Crippen molar-refractivity contribution in [3.05, 3.63) is 0 Å². The molecule has 19 heavy (non-hydrogen) atoms. The molecule has 0 aromatic heterocycles. The van der Waals surface area contributed by atoms with Crippen LogP contribution in [0.25, 0.3) is 0 Å². The fourth-order valence-electron chi connectivity index (χ4n) is 2.17. The molecule has 0 aromatic carbocycles. The van der Waals surface area contributed by atoms with Gasteiger partial charge in [-0.3, -0.25) is 0 Å².